The molecule has 5 nitrogen and oxygen atoms in total. The molecular weight excluding hydrogens is 254 g/mol. The zero-order chi connectivity index (χ0) is 10.7. The number of hydrogen-bond donors (Lipinski definition) is 2. The zero-order valence-corrected chi connectivity index (χ0v) is 9.11. The molecule has 0 aliphatic carbocycles. The second-order valence-electron chi connectivity index (χ2n) is 3.31. The monoisotopic (exact) mass is 265 g/mol. The van der Waals surface area contributed by atoms with E-state index in [1.807, 2.05) is 0 Å². The van der Waals surface area contributed by atoms with Gasteiger partial charge < -0.3 is 15.1 Å². The van der Waals surface area contributed by atoms with Gasteiger partial charge >= 0.3 is 5.97 Å². The summed E-state index contributed by atoms with van der Waals surface area (Å²) in [6, 6.07) is -1.09. The van der Waals surface area contributed by atoms with Gasteiger partial charge in [0.15, 0.2) is 6.04 Å². The topological polar surface area (TPSA) is 77.8 Å². The average Bonchev–Trinajstić information content (AvgIpc) is 2.48. The number of nitrogens with zero attached hydrogens (tertiary/aromatic N) is 1. The van der Waals surface area contributed by atoms with Crippen LogP contribution in [0.1, 0.15) is 6.42 Å². The van der Waals surface area contributed by atoms with Gasteiger partial charge in [-0.2, -0.15) is 0 Å². The van der Waals surface area contributed by atoms with Gasteiger partial charge in [0, 0.05) is 18.3 Å². The molecule has 1 fully saturated rings. The third kappa shape index (κ3) is 2.24. The Balaban J connectivity index is 2.68. The van der Waals surface area contributed by atoms with Crippen molar-refractivity contribution in [3.8, 4) is 0 Å². The standard InChI is InChI=1S/C8H12BrNO4/c9-2-5-1-7(12)10(3-5)6(4-11)8(13)14/h5-6,11H,1-4H2,(H,13,14)/t5?,6-/m0/s1. The van der Waals surface area contributed by atoms with Crippen LogP contribution in [-0.4, -0.2) is 51.5 Å². The van der Waals surface area contributed by atoms with Crippen LogP contribution in [0.5, 0.6) is 0 Å². The number of rotatable bonds is 4. The van der Waals surface area contributed by atoms with E-state index in [1.54, 1.807) is 0 Å². The number of aliphatic hydroxyl groups excluding tert-OH is 1. The number of carboxylic acids is 1. The van der Waals surface area contributed by atoms with Crippen molar-refractivity contribution < 1.29 is 19.8 Å². The Morgan fingerprint density at radius 2 is 2.36 bits per heavy atom. The molecule has 1 amide bonds. The highest BCUT2D eigenvalue weighted by atomic mass is 79.9. The summed E-state index contributed by atoms with van der Waals surface area (Å²) in [4.78, 5) is 23.3. The molecule has 1 rings (SSSR count). The van der Waals surface area contributed by atoms with Crippen LogP contribution >= 0.6 is 15.9 Å². The first kappa shape index (κ1) is 11.5. The summed E-state index contributed by atoms with van der Waals surface area (Å²) in [5, 5.41) is 18.3. The van der Waals surface area contributed by atoms with Crippen LogP contribution in [0.4, 0.5) is 0 Å². The Bertz CT molecular complexity index is 245. The van der Waals surface area contributed by atoms with Crippen molar-refractivity contribution in [3.05, 3.63) is 0 Å². The maximum atomic E-state index is 11.4. The van der Waals surface area contributed by atoms with Crippen molar-refractivity contribution >= 4 is 27.8 Å². The minimum absolute atomic E-state index is 0.149. The highest BCUT2D eigenvalue weighted by molar-refractivity contribution is 9.09. The van der Waals surface area contributed by atoms with Crippen molar-refractivity contribution in [3.63, 3.8) is 0 Å². The molecule has 0 aromatic heterocycles. The van der Waals surface area contributed by atoms with Gasteiger partial charge in [-0.25, -0.2) is 4.79 Å². The lowest BCUT2D eigenvalue weighted by Crippen LogP contribution is -2.44. The van der Waals surface area contributed by atoms with Gasteiger partial charge in [-0.1, -0.05) is 15.9 Å². The lowest BCUT2D eigenvalue weighted by Gasteiger charge is -2.22. The number of amides is 1. The lowest BCUT2D eigenvalue weighted by molar-refractivity contribution is -0.149. The predicted molar refractivity (Wildman–Crippen MR) is 52.1 cm³/mol. The van der Waals surface area contributed by atoms with E-state index in [1.165, 1.54) is 4.90 Å². The van der Waals surface area contributed by atoms with Crippen molar-refractivity contribution in [2.24, 2.45) is 5.92 Å². The molecule has 80 valence electrons. The molecule has 14 heavy (non-hydrogen) atoms. The molecule has 2 atom stereocenters. The van der Waals surface area contributed by atoms with Gasteiger partial charge in [-0.15, -0.1) is 0 Å². The molecule has 1 heterocycles. The first-order chi connectivity index (χ1) is 6.60. The number of carbonyl (C=O) groups excluding carboxylic acids is 1. The summed E-state index contributed by atoms with van der Waals surface area (Å²) in [6.07, 6.45) is 0.356. The molecule has 1 aliphatic heterocycles. The summed E-state index contributed by atoms with van der Waals surface area (Å²) in [7, 11) is 0. The van der Waals surface area contributed by atoms with E-state index in [4.69, 9.17) is 10.2 Å². The third-order valence-corrected chi connectivity index (χ3v) is 3.21. The van der Waals surface area contributed by atoms with Crippen LogP contribution in [0.25, 0.3) is 0 Å². The summed E-state index contributed by atoms with van der Waals surface area (Å²) in [6.45, 7) is -0.127. The quantitative estimate of drug-likeness (QED) is 0.683. The van der Waals surface area contributed by atoms with Gasteiger partial charge in [0.25, 0.3) is 0 Å². The van der Waals surface area contributed by atoms with Crippen molar-refractivity contribution in [2.75, 3.05) is 18.5 Å². The molecule has 1 aliphatic rings. The first-order valence-electron chi connectivity index (χ1n) is 4.29. The predicted octanol–water partition coefficient (Wildman–Crippen LogP) is -0.325. The SMILES string of the molecule is O=C(O)[C@H](CO)N1CC(CBr)CC1=O. The second-order valence-corrected chi connectivity index (χ2v) is 3.95. The van der Waals surface area contributed by atoms with Gasteiger partial charge in [0.05, 0.1) is 6.61 Å². The Hall–Kier alpha value is -0.620. The second kappa shape index (κ2) is 4.75. The largest absolute Gasteiger partial charge is 0.480 e. The molecule has 0 saturated carbocycles. The Labute approximate surface area is 89.8 Å². The maximum Gasteiger partial charge on any atom is 0.328 e. The fraction of sp³-hybridized carbons (Fsp3) is 0.750. The molecule has 1 unspecified atom stereocenters. The Kier molecular flexibility index (Phi) is 3.88. The van der Waals surface area contributed by atoms with Crippen LogP contribution in [0.2, 0.25) is 0 Å². The van der Waals surface area contributed by atoms with E-state index in [9.17, 15) is 9.59 Å². The number of halogens is 1. The van der Waals surface area contributed by atoms with Gasteiger partial charge in [0.1, 0.15) is 0 Å². The van der Waals surface area contributed by atoms with E-state index in [0.717, 1.165) is 0 Å². The number of aliphatic carboxylic acids is 1. The van der Waals surface area contributed by atoms with Crippen molar-refractivity contribution in [1.82, 2.24) is 4.90 Å². The summed E-state index contributed by atoms with van der Waals surface area (Å²) in [5.74, 6) is -1.21. The number of likely N-dealkylation sites (tertiary alicyclic amines) is 1. The fourth-order valence-electron chi connectivity index (χ4n) is 1.52. The number of aliphatic hydroxyl groups is 1. The van der Waals surface area contributed by atoms with E-state index in [0.29, 0.717) is 18.3 Å². The molecule has 1 saturated heterocycles. The third-order valence-electron chi connectivity index (χ3n) is 2.29. The molecular formula is C8H12BrNO4. The molecule has 0 bridgehead atoms. The van der Waals surface area contributed by atoms with Crippen LogP contribution < -0.4 is 0 Å². The van der Waals surface area contributed by atoms with E-state index in [2.05, 4.69) is 15.9 Å². The normalized spacial score (nSPS) is 24.0. The smallest absolute Gasteiger partial charge is 0.328 e. The zero-order valence-electron chi connectivity index (χ0n) is 7.52. The highest BCUT2D eigenvalue weighted by Gasteiger charge is 2.36. The minimum Gasteiger partial charge on any atom is -0.480 e. The summed E-state index contributed by atoms with van der Waals surface area (Å²) < 4.78 is 0. The minimum atomic E-state index is -1.16. The van der Waals surface area contributed by atoms with Crippen molar-refractivity contribution in [2.45, 2.75) is 12.5 Å². The Morgan fingerprint density at radius 3 is 2.71 bits per heavy atom. The van der Waals surface area contributed by atoms with E-state index >= 15 is 0 Å². The number of hydrogen-bond acceptors (Lipinski definition) is 3. The summed E-state index contributed by atoms with van der Waals surface area (Å²) >= 11 is 3.25. The fourth-order valence-corrected chi connectivity index (χ4v) is 1.96. The van der Waals surface area contributed by atoms with Gasteiger partial charge in [-0.3, -0.25) is 4.79 Å². The highest BCUT2D eigenvalue weighted by Crippen LogP contribution is 2.21. The molecule has 6 heteroatoms. The van der Waals surface area contributed by atoms with Crippen LogP contribution in [0.15, 0.2) is 0 Å². The molecule has 2 N–H and O–H groups in total. The molecule has 0 spiro atoms. The van der Waals surface area contributed by atoms with E-state index < -0.39 is 18.6 Å². The first-order valence-corrected chi connectivity index (χ1v) is 5.41. The van der Waals surface area contributed by atoms with Crippen LogP contribution in [-0.2, 0) is 9.59 Å². The van der Waals surface area contributed by atoms with Crippen LogP contribution in [0.3, 0.4) is 0 Å². The molecule has 0 radical (unpaired) electrons. The van der Waals surface area contributed by atoms with Crippen molar-refractivity contribution in [1.29, 1.82) is 0 Å². The van der Waals surface area contributed by atoms with Gasteiger partial charge in [0.2, 0.25) is 5.91 Å². The number of carbonyl (C=O) groups is 2. The number of alkyl halides is 1. The Morgan fingerprint density at radius 1 is 1.71 bits per heavy atom. The van der Waals surface area contributed by atoms with E-state index in [-0.39, 0.29) is 11.8 Å². The van der Waals surface area contributed by atoms with Gasteiger partial charge in [-0.05, 0) is 5.92 Å². The molecule has 0 aromatic carbocycles. The average molecular weight is 266 g/mol. The number of carboxylic acid groups (broad SMARTS) is 1. The summed E-state index contributed by atoms with van der Waals surface area (Å²) in [5.41, 5.74) is 0. The lowest BCUT2D eigenvalue weighted by atomic mass is 10.2. The molecule has 0 aromatic rings. The van der Waals surface area contributed by atoms with Crippen LogP contribution in [0, 0.1) is 5.92 Å². The maximum absolute atomic E-state index is 11.4.